The van der Waals surface area contributed by atoms with Gasteiger partial charge in [-0.2, -0.15) is 4.31 Å². The quantitative estimate of drug-likeness (QED) is 0.423. The van der Waals surface area contributed by atoms with Gasteiger partial charge >= 0.3 is 0 Å². The van der Waals surface area contributed by atoms with E-state index in [-0.39, 0.29) is 17.4 Å². The maximum absolute atomic E-state index is 13.0. The number of anilines is 1. The molecule has 35 heavy (non-hydrogen) atoms. The molecule has 1 aliphatic rings. The first-order chi connectivity index (χ1) is 16.7. The molecule has 1 aliphatic heterocycles. The van der Waals surface area contributed by atoms with E-state index >= 15 is 0 Å². The van der Waals surface area contributed by atoms with E-state index in [1.807, 2.05) is 19.2 Å². The first-order valence-corrected chi connectivity index (χ1v) is 14.2. The smallest absolute Gasteiger partial charge is 0.264 e. The van der Waals surface area contributed by atoms with Crippen LogP contribution in [0.25, 0.3) is 11.3 Å². The molecular weight excluding hydrogens is 506 g/mol. The summed E-state index contributed by atoms with van der Waals surface area (Å²) < 4.78 is 33.1. The zero-order valence-electron chi connectivity index (χ0n) is 19.7. The van der Waals surface area contributed by atoms with Gasteiger partial charge in [-0.25, -0.2) is 13.4 Å². The molecule has 2 aromatic carbocycles. The minimum absolute atomic E-state index is 0.154. The molecule has 0 aliphatic carbocycles. The lowest BCUT2D eigenvalue weighted by Gasteiger charge is -2.19. The van der Waals surface area contributed by atoms with Crippen LogP contribution in [0.5, 0.6) is 5.75 Å². The minimum Gasteiger partial charge on any atom is -0.484 e. The summed E-state index contributed by atoms with van der Waals surface area (Å²) in [4.78, 5) is 17.1. The molecule has 0 atom stereocenters. The van der Waals surface area contributed by atoms with Crippen molar-refractivity contribution in [3.8, 4) is 17.0 Å². The van der Waals surface area contributed by atoms with Gasteiger partial charge in [0.1, 0.15) is 5.75 Å². The van der Waals surface area contributed by atoms with E-state index in [1.54, 1.807) is 40.7 Å². The van der Waals surface area contributed by atoms with E-state index in [2.05, 4.69) is 10.3 Å². The molecular formula is C25H28ClN3O4S2. The number of aryl methyl sites for hydroxylation is 2. The van der Waals surface area contributed by atoms with Gasteiger partial charge in [0, 0.05) is 29.1 Å². The van der Waals surface area contributed by atoms with E-state index < -0.39 is 10.0 Å². The predicted octanol–water partition coefficient (Wildman–Crippen LogP) is 5.66. The molecule has 0 spiro atoms. The Balaban J connectivity index is 1.37. The molecule has 7 nitrogen and oxygen atoms in total. The van der Waals surface area contributed by atoms with Crippen molar-refractivity contribution in [1.82, 2.24) is 9.29 Å². The number of sulfonamides is 1. The number of thiazole rings is 1. The monoisotopic (exact) mass is 533 g/mol. The van der Waals surface area contributed by atoms with Gasteiger partial charge in [0.15, 0.2) is 11.7 Å². The van der Waals surface area contributed by atoms with Crippen LogP contribution in [-0.4, -0.2) is 43.3 Å². The van der Waals surface area contributed by atoms with Gasteiger partial charge in [0.05, 0.1) is 10.6 Å². The Hall–Kier alpha value is -2.46. The van der Waals surface area contributed by atoms with Crippen molar-refractivity contribution in [2.45, 2.75) is 44.4 Å². The van der Waals surface area contributed by atoms with Crippen LogP contribution in [0.4, 0.5) is 5.13 Å². The Morgan fingerprint density at radius 3 is 2.34 bits per heavy atom. The molecule has 3 aromatic rings. The summed E-state index contributed by atoms with van der Waals surface area (Å²) in [5, 5.41) is 5.69. The van der Waals surface area contributed by atoms with Crippen LogP contribution in [-0.2, 0) is 14.8 Å². The number of hydrogen-bond donors (Lipinski definition) is 1. The maximum atomic E-state index is 13.0. The summed E-state index contributed by atoms with van der Waals surface area (Å²) in [5.74, 6) is 0.254. The zero-order chi connectivity index (χ0) is 25.0. The van der Waals surface area contributed by atoms with Crippen molar-refractivity contribution in [3.05, 3.63) is 57.9 Å². The summed E-state index contributed by atoms with van der Waals surface area (Å²) in [5.41, 5.74) is 3.21. The van der Waals surface area contributed by atoms with Crippen molar-refractivity contribution in [2.75, 3.05) is 25.0 Å². The third-order valence-corrected chi connectivity index (χ3v) is 9.15. The predicted molar refractivity (Wildman–Crippen MR) is 140 cm³/mol. The third-order valence-electron chi connectivity index (χ3n) is 5.88. The Bertz CT molecular complexity index is 1280. The van der Waals surface area contributed by atoms with Crippen molar-refractivity contribution >= 4 is 44.0 Å². The number of carbonyl (C=O) groups excluding carboxylic acids is 1. The van der Waals surface area contributed by atoms with Crippen LogP contribution >= 0.6 is 22.9 Å². The molecule has 0 unspecified atom stereocenters. The fourth-order valence-electron chi connectivity index (χ4n) is 3.99. The number of halogens is 1. The topological polar surface area (TPSA) is 88.6 Å². The van der Waals surface area contributed by atoms with Crippen LogP contribution in [0.15, 0.2) is 46.7 Å². The van der Waals surface area contributed by atoms with Crippen LogP contribution in [0.2, 0.25) is 5.02 Å². The minimum atomic E-state index is -3.49. The molecule has 1 N–H and O–H groups in total. The molecule has 10 heteroatoms. The fourth-order valence-corrected chi connectivity index (χ4v) is 6.35. The number of ether oxygens (including phenoxy) is 1. The second-order valence-electron chi connectivity index (χ2n) is 8.59. The lowest BCUT2D eigenvalue weighted by molar-refractivity contribution is -0.118. The highest BCUT2D eigenvalue weighted by Crippen LogP contribution is 2.28. The highest BCUT2D eigenvalue weighted by atomic mass is 35.5. The molecule has 1 saturated heterocycles. The first kappa shape index (κ1) is 25.6. The summed E-state index contributed by atoms with van der Waals surface area (Å²) >= 11 is 7.46. The molecule has 4 rings (SSSR count). The Labute approximate surface area is 215 Å². The average molecular weight is 534 g/mol. The largest absolute Gasteiger partial charge is 0.484 e. The lowest BCUT2D eigenvalue weighted by atomic mass is 10.1. The number of nitrogens with one attached hydrogen (secondary N) is 1. The third kappa shape index (κ3) is 6.22. The van der Waals surface area contributed by atoms with Crippen LogP contribution < -0.4 is 10.1 Å². The van der Waals surface area contributed by atoms with E-state index in [0.29, 0.717) is 34.7 Å². The number of benzene rings is 2. The highest BCUT2D eigenvalue weighted by Gasteiger charge is 2.25. The van der Waals surface area contributed by atoms with Crippen molar-refractivity contribution in [1.29, 1.82) is 0 Å². The molecule has 0 saturated carbocycles. The van der Waals surface area contributed by atoms with Crippen LogP contribution in [0.1, 0.15) is 36.8 Å². The Morgan fingerprint density at radius 2 is 1.71 bits per heavy atom. The van der Waals surface area contributed by atoms with Gasteiger partial charge in [-0.1, -0.05) is 36.6 Å². The first-order valence-electron chi connectivity index (χ1n) is 11.5. The zero-order valence-corrected chi connectivity index (χ0v) is 22.1. The average Bonchev–Trinajstić information content (AvgIpc) is 3.11. The van der Waals surface area contributed by atoms with Gasteiger partial charge in [0.2, 0.25) is 10.0 Å². The molecule has 0 radical (unpaired) electrons. The number of amides is 1. The second-order valence-corrected chi connectivity index (χ2v) is 11.8. The van der Waals surface area contributed by atoms with Gasteiger partial charge < -0.3 is 4.74 Å². The number of hydrogen-bond acceptors (Lipinski definition) is 6. The summed E-state index contributed by atoms with van der Waals surface area (Å²) in [6.07, 6.45) is 3.93. The molecule has 1 amide bonds. The highest BCUT2D eigenvalue weighted by molar-refractivity contribution is 7.89. The number of carbonyl (C=O) groups is 1. The van der Waals surface area contributed by atoms with Gasteiger partial charge in [-0.05, 0) is 62.1 Å². The summed E-state index contributed by atoms with van der Waals surface area (Å²) in [7, 11) is -3.49. The van der Waals surface area contributed by atoms with E-state index in [4.69, 9.17) is 16.3 Å². The van der Waals surface area contributed by atoms with E-state index in [1.165, 1.54) is 11.3 Å². The van der Waals surface area contributed by atoms with Crippen molar-refractivity contribution in [2.24, 2.45) is 0 Å². The molecule has 2 heterocycles. The van der Waals surface area contributed by atoms with Gasteiger partial charge in [0.25, 0.3) is 5.91 Å². The normalized spacial score (nSPS) is 14.9. The van der Waals surface area contributed by atoms with E-state index in [9.17, 15) is 13.2 Å². The maximum Gasteiger partial charge on any atom is 0.264 e. The number of aromatic nitrogens is 1. The van der Waals surface area contributed by atoms with Crippen molar-refractivity contribution < 1.29 is 17.9 Å². The second kappa shape index (κ2) is 11.1. The molecule has 0 bridgehead atoms. The molecule has 1 aromatic heterocycles. The standard InChI is InChI=1S/C25H28ClN3O4S2/c1-17-13-20(14-18(2)24(17)26)33-15-23(30)28-25-27-22(16-34-25)19-7-9-21(10-8-19)35(31,32)29-11-5-3-4-6-12-29/h7-10,13-14,16H,3-6,11-12,15H2,1-2H3,(H,27,28,30). The Morgan fingerprint density at radius 1 is 1.09 bits per heavy atom. The van der Waals surface area contributed by atoms with Gasteiger partial charge in [-0.15, -0.1) is 11.3 Å². The summed E-state index contributed by atoms with van der Waals surface area (Å²) in [6.45, 7) is 4.76. The van der Waals surface area contributed by atoms with Crippen LogP contribution in [0.3, 0.4) is 0 Å². The summed E-state index contributed by atoms with van der Waals surface area (Å²) in [6, 6.07) is 10.3. The molecule has 1 fully saturated rings. The Kier molecular flexibility index (Phi) is 8.11. The van der Waals surface area contributed by atoms with E-state index in [0.717, 1.165) is 42.4 Å². The lowest BCUT2D eigenvalue weighted by Crippen LogP contribution is -2.31. The SMILES string of the molecule is Cc1cc(OCC(=O)Nc2nc(-c3ccc(S(=O)(=O)N4CCCCCC4)cc3)cs2)cc(C)c1Cl. The van der Waals surface area contributed by atoms with Crippen LogP contribution in [0, 0.1) is 13.8 Å². The number of rotatable bonds is 7. The number of nitrogens with zero attached hydrogens (tertiary/aromatic N) is 2. The van der Waals surface area contributed by atoms with Gasteiger partial charge in [-0.3, -0.25) is 10.1 Å². The molecule has 186 valence electrons. The fraction of sp³-hybridized carbons (Fsp3) is 0.360. The van der Waals surface area contributed by atoms with Crippen molar-refractivity contribution in [3.63, 3.8) is 0 Å².